The van der Waals surface area contributed by atoms with Gasteiger partial charge < -0.3 is 9.47 Å². The van der Waals surface area contributed by atoms with Crippen molar-refractivity contribution in [3.63, 3.8) is 0 Å². The van der Waals surface area contributed by atoms with E-state index in [-0.39, 0.29) is 5.56 Å². The lowest BCUT2D eigenvalue weighted by atomic mass is 10.2. The van der Waals surface area contributed by atoms with Gasteiger partial charge in [-0.2, -0.15) is 9.78 Å². The molecule has 3 aromatic rings. The predicted molar refractivity (Wildman–Crippen MR) is 110 cm³/mol. The fraction of sp³-hybridized carbons (Fsp3) is 0.250. The molecule has 2 aromatic carbocycles. The molecule has 0 saturated carbocycles. The Morgan fingerprint density at radius 3 is 2.70 bits per heavy atom. The van der Waals surface area contributed by atoms with Gasteiger partial charge in [-0.3, -0.25) is 4.79 Å². The normalized spacial score (nSPS) is 11.3. The SMILES string of the molecule is CCCc1nc2ccc(Br)cc2c(=O)n1N=Cc1ccc(OC)cc1OC. The molecule has 0 unspecified atom stereocenters. The van der Waals surface area contributed by atoms with Crippen molar-refractivity contribution in [2.75, 3.05) is 14.2 Å². The van der Waals surface area contributed by atoms with Crippen LogP contribution in [0.4, 0.5) is 0 Å². The van der Waals surface area contributed by atoms with E-state index in [0.29, 0.717) is 34.6 Å². The minimum Gasteiger partial charge on any atom is -0.497 e. The van der Waals surface area contributed by atoms with Crippen LogP contribution in [0, 0.1) is 0 Å². The smallest absolute Gasteiger partial charge is 0.282 e. The molecule has 0 amide bonds. The van der Waals surface area contributed by atoms with Gasteiger partial charge in [0.15, 0.2) is 0 Å². The van der Waals surface area contributed by atoms with Crippen molar-refractivity contribution in [1.29, 1.82) is 0 Å². The minimum absolute atomic E-state index is 0.200. The molecule has 3 rings (SSSR count). The summed E-state index contributed by atoms with van der Waals surface area (Å²) in [6.07, 6.45) is 3.11. The van der Waals surface area contributed by atoms with Crippen molar-refractivity contribution in [3.05, 3.63) is 62.6 Å². The molecule has 27 heavy (non-hydrogen) atoms. The molecule has 0 spiro atoms. The van der Waals surface area contributed by atoms with E-state index in [1.165, 1.54) is 4.68 Å². The Morgan fingerprint density at radius 1 is 1.19 bits per heavy atom. The van der Waals surface area contributed by atoms with Gasteiger partial charge in [0.2, 0.25) is 0 Å². The fourth-order valence-electron chi connectivity index (χ4n) is 2.74. The maximum absolute atomic E-state index is 13.0. The molecule has 140 valence electrons. The Kier molecular flexibility index (Phi) is 5.91. The second-order valence-corrected chi connectivity index (χ2v) is 6.82. The van der Waals surface area contributed by atoms with Crippen LogP contribution in [0.1, 0.15) is 24.7 Å². The first-order valence-corrected chi connectivity index (χ1v) is 9.34. The van der Waals surface area contributed by atoms with Gasteiger partial charge in [0.05, 0.1) is 31.3 Å². The van der Waals surface area contributed by atoms with Gasteiger partial charge in [-0.15, -0.1) is 0 Å². The second kappa shape index (κ2) is 8.35. The van der Waals surface area contributed by atoms with Gasteiger partial charge in [0.25, 0.3) is 5.56 Å². The molecule has 0 aliphatic rings. The Bertz CT molecular complexity index is 1060. The van der Waals surface area contributed by atoms with Gasteiger partial charge in [-0.1, -0.05) is 22.9 Å². The van der Waals surface area contributed by atoms with E-state index in [0.717, 1.165) is 16.5 Å². The monoisotopic (exact) mass is 429 g/mol. The van der Waals surface area contributed by atoms with Crippen molar-refractivity contribution in [1.82, 2.24) is 9.66 Å². The first-order valence-electron chi connectivity index (χ1n) is 8.55. The number of hydrogen-bond acceptors (Lipinski definition) is 5. The van der Waals surface area contributed by atoms with Crippen LogP contribution in [0.25, 0.3) is 10.9 Å². The number of halogens is 1. The highest BCUT2D eigenvalue weighted by atomic mass is 79.9. The summed E-state index contributed by atoms with van der Waals surface area (Å²) in [5, 5.41) is 4.94. The van der Waals surface area contributed by atoms with Crippen molar-refractivity contribution in [2.45, 2.75) is 19.8 Å². The Hall–Kier alpha value is -2.67. The molecular weight excluding hydrogens is 410 g/mol. The summed E-state index contributed by atoms with van der Waals surface area (Å²) in [7, 11) is 3.17. The van der Waals surface area contributed by atoms with Gasteiger partial charge in [0.1, 0.15) is 17.3 Å². The summed E-state index contributed by atoms with van der Waals surface area (Å²) in [6.45, 7) is 2.04. The number of hydrogen-bond donors (Lipinski definition) is 0. The topological polar surface area (TPSA) is 65.7 Å². The van der Waals surface area contributed by atoms with E-state index in [9.17, 15) is 4.79 Å². The number of methoxy groups -OCH3 is 2. The third kappa shape index (κ3) is 4.03. The number of rotatable bonds is 6. The summed E-state index contributed by atoms with van der Waals surface area (Å²) in [4.78, 5) is 17.6. The highest BCUT2D eigenvalue weighted by Crippen LogP contribution is 2.23. The third-order valence-electron chi connectivity index (χ3n) is 4.10. The summed E-state index contributed by atoms with van der Waals surface area (Å²) in [6, 6.07) is 10.9. The van der Waals surface area contributed by atoms with Gasteiger partial charge in [-0.25, -0.2) is 4.98 Å². The molecule has 0 fully saturated rings. The number of benzene rings is 2. The Labute approximate surface area is 165 Å². The quantitative estimate of drug-likeness (QED) is 0.555. The number of aryl methyl sites for hydroxylation is 1. The third-order valence-corrected chi connectivity index (χ3v) is 4.60. The summed E-state index contributed by atoms with van der Waals surface area (Å²) < 4.78 is 12.8. The maximum Gasteiger partial charge on any atom is 0.282 e. The predicted octanol–water partition coefficient (Wildman–Crippen LogP) is 4.01. The highest BCUT2D eigenvalue weighted by molar-refractivity contribution is 9.10. The van der Waals surface area contributed by atoms with Crippen LogP contribution in [-0.4, -0.2) is 30.1 Å². The first kappa shape index (κ1) is 19.1. The molecule has 0 radical (unpaired) electrons. The van der Waals surface area contributed by atoms with Gasteiger partial charge in [-0.05, 0) is 36.8 Å². The summed E-state index contributed by atoms with van der Waals surface area (Å²) in [5.74, 6) is 1.92. The average Bonchev–Trinajstić information content (AvgIpc) is 2.68. The standard InChI is InChI=1S/C20H20BrN3O3/c1-4-5-19-23-17-9-7-14(21)10-16(17)20(25)24(19)22-12-13-6-8-15(26-2)11-18(13)27-3/h6-12H,4-5H2,1-3H3. The molecule has 0 aliphatic carbocycles. The number of nitrogens with zero attached hydrogens (tertiary/aromatic N) is 3. The van der Waals surface area contributed by atoms with Crippen molar-refractivity contribution >= 4 is 33.0 Å². The average molecular weight is 430 g/mol. The molecule has 0 N–H and O–H groups in total. The van der Waals surface area contributed by atoms with Gasteiger partial charge in [0, 0.05) is 22.5 Å². The maximum atomic E-state index is 13.0. The van der Waals surface area contributed by atoms with Crippen LogP contribution in [0.15, 0.2) is 50.8 Å². The van der Waals surface area contributed by atoms with Crippen LogP contribution in [0.3, 0.4) is 0 Å². The Morgan fingerprint density at radius 2 is 2.00 bits per heavy atom. The lowest BCUT2D eigenvalue weighted by Crippen LogP contribution is -2.22. The van der Waals surface area contributed by atoms with E-state index in [2.05, 4.69) is 26.0 Å². The van der Waals surface area contributed by atoms with Crippen LogP contribution in [-0.2, 0) is 6.42 Å². The zero-order valence-electron chi connectivity index (χ0n) is 15.4. The molecule has 7 heteroatoms. The van der Waals surface area contributed by atoms with Crippen molar-refractivity contribution in [3.8, 4) is 11.5 Å². The molecule has 1 aromatic heterocycles. The molecule has 0 aliphatic heterocycles. The molecule has 0 atom stereocenters. The van der Waals surface area contributed by atoms with Crippen LogP contribution in [0.5, 0.6) is 11.5 Å². The fourth-order valence-corrected chi connectivity index (χ4v) is 3.11. The van der Waals surface area contributed by atoms with Crippen LogP contribution in [0.2, 0.25) is 0 Å². The lowest BCUT2D eigenvalue weighted by molar-refractivity contribution is 0.394. The largest absolute Gasteiger partial charge is 0.497 e. The molecular formula is C20H20BrN3O3. The van der Waals surface area contributed by atoms with Crippen molar-refractivity contribution < 1.29 is 9.47 Å². The highest BCUT2D eigenvalue weighted by Gasteiger charge is 2.11. The minimum atomic E-state index is -0.200. The van der Waals surface area contributed by atoms with Crippen molar-refractivity contribution in [2.24, 2.45) is 5.10 Å². The lowest BCUT2D eigenvalue weighted by Gasteiger charge is -2.10. The number of ether oxygens (including phenoxy) is 2. The summed E-state index contributed by atoms with van der Waals surface area (Å²) in [5.41, 5.74) is 1.20. The molecule has 1 heterocycles. The molecule has 6 nitrogen and oxygen atoms in total. The zero-order valence-corrected chi connectivity index (χ0v) is 17.0. The zero-order chi connectivity index (χ0) is 19.4. The molecule has 0 saturated heterocycles. The van der Waals surface area contributed by atoms with E-state index < -0.39 is 0 Å². The van der Waals surface area contributed by atoms with Crippen LogP contribution < -0.4 is 15.0 Å². The number of aromatic nitrogens is 2. The Balaban J connectivity index is 2.13. The first-order chi connectivity index (χ1) is 13.1. The van der Waals surface area contributed by atoms with E-state index in [1.807, 2.05) is 31.2 Å². The number of fused-ring (bicyclic) bond motifs is 1. The van der Waals surface area contributed by atoms with E-state index >= 15 is 0 Å². The molecule has 0 bridgehead atoms. The summed E-state index contributed by atoms with van der Waals surface area (Å²) >= 11 is 3.41. The van der Waals surface area contributed by atoms with Gasteiger partial charge >= 0.3 is 0 Å². The van der Waals surface area contributed by atoms with E-state index in [1.54, 1.807) is 32.6 Å². The van der Waals surface area contributed by atoms with E-state index in [4.69, 9.17) is 9.47 Å². The van der Waals surface area contributed by atoms with Crippen LogP contribution >= 0.6 is 15.9 Å². The second-order valence-electron chi connectivity index (χ2n) is 5.91.